The van der Waals surface area contributed by atoms with Gasteiger partial charge in [0.2, 0.25) is 0 Å². The number of hydrogen-bond acceptors (Lipinski definition) is 2. The van der Waals surface area contributed by atoms with Crippen LogP contribution in [0.15, 0.2) is 48.5 Å². The van der Waals surface area contributed by atoms with Crippen molar-refractivity contribution >= 4 is 0 Å². The molecule has 0 radical (unpaired) electrons. The molecule has 32 heavy (non-hydrogen) atoms. The summed E-state index contributed by atoms with van der Waals surface area (Å²) in [5, 5.41) is 0. The molecule has 0 amide bonds. The number of aryl methyl sites for hydroxylation is 2. The van der Waals surface area contributed by atoms with E-state index in [1.807, 2.05) is 19.1 Å². The van der Waals surface area contributed by atoms with Crippen LogP contribution in [0, 0.1) is 10.8 Å². The Balaban J connectivity index is 0.000000323. The van der Waals surface area contributed by atoms with E-state index < -0.39 is 0 Å². The van der Waals surface area contributed by atoms with Crippen molar-refractivity contribution in [1.29, 1.82) is 0 Å². The first-order valence-corrected chi connectivity index (χ1v) is 12.2. The summed E-state index contributed by atoms with van der Waals surface area (Å²) < 4.78 is 11.6. The Labute approximate surface area is 198 Å². The van der Waals surface area contributed by atoms with Crippen LogP contribution in [0.1, 0.15) is 93.2 Å². The molecule has 2 nitrogen and oxygen atoms in total. The minimum Gasteiger partial charge on any atom is -0.494 e. The molecule has 0 heterocycles. The number of para-hydroxylation sites is 2. The lowest BCUT2D eigenvalue weighted by Crippen LogP contribution is -2.23. The van der Waals surface area contributed by atoms with Gasteiger partial charge in [-0.3, -0.25) is 0 Å². The second-order valence-corrected chi connectivity index (χ2v) is 12.0. The summed E-state index contributed by atoms with van der Waals surface area (Å²) in [7, 11) is 0. The monoisotopic (exact) mass is 440 g/mol. The van der Waals surface area contributed by atoms with Crippen LogP contribution in [0.5, 0.6) is 11.5 Å². The van der Waals surface area contributed by atoms with Gasteiger partial charge in [0.15, 0.2) is 0 Å². The average molecular weight is 441 g/mol. The molecule has 0 bridgehead atoms. The average Bonchev–Trinajstić information content (AvgIpc) is 2.65. The molecule has 180 valence electrons. The van der Waals surface area contributed by atoms with Gasteiger partial charge < -0.3 is 9.47 Å². The number of rotatable bonds is 7. The Morgan fingerprint density at radius 3 is 1.41 bits per heavy atom. The maximum absolute atomic E-state index is 6.00. The van der Waals surface area contributed by atoms with Gasteiger partial charge in [-0.05, 0) is 87.5 Å². The minimum absolute atomic E-state index is 0.127. The fraction of sp³-hybridized carbons (Fsp3) is 0.600. The molecular formula is C30H48O2. The summed E-state index contributed by atoms with van der Waals surface area (Å²) in [6.45, 7) is 22.7. The van der Waals surface area contributed by atoms with E-state index in [0.717, 1.165) is 30.9 Å². The first-order chi connectivity index (χ1) is 14.7. The minimum atomic E-state index is -0.127. The molecule has 0 fully saturated rings. The van der Waals surface area contributed by atoms with E-state index in [1.165, 1.54) is 24.0 Å². The van der Waals surface area contributed by atoms with Gasteiger partial charge in [0.25, 0.3) is 0 Å². The van der Waals surface area contributed by atoms with Crippen LogP contribution in [-0.2, 0) is 12.8 Å². The Kier molecular flexibility index (Phi) is 10.8. The number of hydrogen-bond donors (Lipinski definition) is 0. The van der Waals surface area contributed by atoms with Gasteiger partial charge >= 0.3 is 0 Å². The normalized spacial score (nSPS) is 12.1. The molecular weight excluding hydrogens is 392 g/mol. The Morgan fingerprint density at radius 1 is 0.594 bits per heavy atom. The first-order valence-electron chi connectivity index (χ1n) is 12.2. The maximum Gasteiger partial charge on any atom is 0.123 e. The van der Waals surface area contributed by atoms with Crippen molar-refractivity contribution in [3.05, 3.63) is 59.7 Å². The zero-order chi connectivity index (χ0) is 24.4. The van der Waals surface area contributed by atoms with E-state index in [-0.39, 0.29) is 5.60 Å². The van der Waals surface area contributed by atoms with E-state index in [0.29, 0.717) is 10.8 Å². The molecule has 0 aliphatic carbocycles. The van der Waals surface area contributed by atoms with Gasteiger partial charge in [-0.1, -0.05) is 77.9 Å². The predicted octanol–water partition coefficient (Wildman–Crippen LogP) is 8.91. The molecule has 0 aliphatic heterocycles. The Bertz CT molecular complexity index is 785. The number of benzene rings is 2. The van der Waals surface area contributed by atoms with Gasteiger partial charge in [0, 0.05) is 0 Å². The molecule has 2 aromatic rings. The van der Waals surface area contributed by atoms with Gasteiger partial charge in [0.1, 0.15) is 17.1 Å². The molecule has 2 aromatic carbocycles. The van der Waals surface area contributed by atoms with Crippen LogP contribution in [0.25, 0.3) is 0 Å². The third-order valence-corrected chi connectivity index (χ3v) is 4.95. The van der Waals surface area contributed by atoms with Crippen molar-refractivity contribution in [1.82, 2.24) is 0 Å². The lowest BCUT2D eigenvalue weighted by atomic mass is 9.88. The standard InChI is InChI=1S/C16H26O.C14H22O/c1-15(2,3)12-11-13-9-7-8-10-14(13)17-16(4,5)6;1-5-15-13-9-7-6-8-12(13)10-11-14(2,3)4/h7-10H,11-12H2,1-6H3;6-9H,5,10-11H2,1-4H3. The van der Waals surface area contributed by atoms with Crippen LogP contribution in [0.3, 0.4) is 0 Å². The molecule has 0 saturated carbocycles. The van der Waals surface area contributed by atoms with Crippen molar-refractivity contribution in [3.63, 3.8) is 0 Å². The highest BCUT2D eigenvalue weighted by Crippen LogP contribution is 2.28. The topological polar surface area (TPSA) is 18.5 Å². The molecule has 0 aromatic heterocycles. The molecule has 0 atom stereocenters. The molecule has 0 unspecified atom stereocenters. The van der Waals surface area contributed by atoms with Crippen molar-refractivity contribution < 1.29 is 9.47 Å². The first kappa shape index (κ1) is 28.1. The van der Waals surface area contributed by atoms with E-state index in [2.05, 4.69) is 98.7 Å². The summed E-state index contributed by atoms with van der Waals surface area (Å²) >= 11 is 0. The lowest BCUT2D eigenvalue weighted by molar-refractivity contribution is 0.129. The SMILES string of the molecule is CC(C)(C)CCc1ccccc1OC(C)(C)C.CCOc1ccccc1CCC(C)(C)C. The van der Waals surface area contributed by atoms with Gasteiger partial charge in [-0.25, -0.2) is 0 Å². The quantitative estimate of drug-likeness (QED) is 0.428. The number of ether oxygens (including phenoxy) is 2. The van der Waals surface area contributed by atoms with Crippen molar-refractivity contribution in [2.45, 2.75) is 101 Å². The molecule has 0 spiro atoms. The second-order valence-electron chi connectivity index (χ2n) is 12.0. The summed E-state index contributed by atoms with van der Waals surface area (Å²) in [6, 6.07) is 16.7. The smallest absolute Gasteiger partial charge is 0.123 e. The molecule has 0 saturated heterocycles. The fourth-order valence-corrected chi connectivity index (χ4v) is 3.17. The predicted molar refractivity (Wildman–Crippen MR) is 140 cm³/mol. The molecule has 2 rings (SSSR count). The van der Waals surface area contributed by atoms with E-state index in [9.17, 15) is 0 Å². The molecule has 2 heteroatoms. The van der Waals surface area contributed by atoms with E-state index >= 15 is 0 Å². The zero-order valence-electron chi connectivity index (χ0n) is 22.5. The Hall–Kier alpha value is -1.96. The fourth-order valence-electron chi connectivity index (χ4n) is 3.17. The summed E-state index contributed by atoms with van der Waals surface area (Å²) in [6.07, 6.45) is 4.55. The highest BCUT2D eigenvalue weighted by molar-refractivity contribution is 5.34. The largest absolute Gasteiger partial charge is 0.494 e. The van der Waals surface area contributed by atoms with Crippen molar-refractivity contribution in [2.75, 3.05) is 6.61 Å². The van der Waals surface area contributed by atoms with Crippen LogP contribution < -0.4 is 9.47 Å². The third kappa shape index (κ3) is 12.8. The highest BCUT2D eigenvalue weighted by atomic mass is 16.5. The Morgan fingerprint density at radius 2 is 1.00 bits per heavy atom. The maximum atomic E-state index is 6.00. The van der Waals surface area contributed by atoms with Crippen molar-refractivity contribution in [2.24, 2.45) is 10.8 Å². The van der Waals surface area contributed by atoms with E-state index in [1.54, 1.807) is 0 Å². The van der Waals surface area contributed by atoms with Crippen LogP contribution in [-0.4, -0.2) is 12.2 Å². The van der Waals surface area contributed by atoms with Crippen molar-refractivity contribution in [3.8, 4) is 11.5 Å². The lowest BCUT2D eigenvalue weighted by Gasteiger charge is -2.24. The second kappa shape index (κ2) is 12.3. The van der Waals surface area contributed by atoms with Crippen LogP contribution >= 0.6 is 0 Å². The van der Waals surface area contributed by atoms with Gasteiger partial charge in [0.05, 0.1) is 6.61 Å². The third-order valence-electron chi connectivity index (χ3n) is 4.95. The summed E-state index contributed by atoms with van der Waals surface area (Å²) in [5.74, 6) is 2.08. The molecule has 0 aliphatic rings. The van der Waals surface area contributed by atoms with Crippen LogP contribution in [0.4, 0.5) is 0 Å². The molecule has 0 N–H and O–H groups in total. The summed E-state index contributed by atoms with van der Waals surface area (Å²) in [5.41, 5.74) is 3.28. The van der Waals surface area contributed by atoms with Gasteiger partial charge in [-0.15, -0.1) is 0 Å². The zero-order valence-corrected chi connectivity index (χ0v) is 22.5. The highest BCUT2D eigenvalue weighted by Gasteiger charge is 2.16. The van der Waals surface area contributed by atoms with E-state index in [4.69, 9.17) is 9.47 Å². The van der Waals surface area contributed by atoms with Gasteiger partial charge in [-0.2, -0.15) is 0 Å². The van der Waals surface area contributed by atoms with Crippen LogP contribution in [0.2, 0.25) is 0 Å². The summed E-state index contributed by atoms with van der Waals surface area (Å²) in [4.78, 5) is 0.